The van der Waals surface area contributed by atoms with Gasteiger partial charge >= 0.3 is 0 Å². The number of rotatable bonds is 6. The van der Waals surface area contributed by atoms with E-state index in [1.807, 2.05) is 92.7 Å². The van der Waals surface area contributed by atoms with Crippen LogP contribution in [0.1, 0.15) is 35.1 Å². The van der Waals surface area contributed by atoms with Crippen LogP contribution in [-0.4, -0.2) is 17.9 Å². The van der Waals surface area contributed by atoms with Gasteiger partial charge in [-0.25, -0.2) is 0 Å². The molecule has 3 aromatic carbocycles. The van der Waals surface area contributed by atoms with Crippen molar-refractivity contribution >= 4 is 11.8 Å². The first-order valence-electron chi connectivity index (χ1n) is 9.90. The molecule has 0 aliphatic rings. The number of benzene rings is 3. The van der Waals surface area contributed by atoms with Gasteiger partial charge in [0.1, 0.15) is 5.75 Å². The van der Waals surface area contributed by atoms with E-state index in [1.54, 1.807) is 6.92 Å². The van der Waals surface area contributed by atoms with Crippen LogP contribution in [0.2, 0.25) is 0 Å². The van der Waals surface area contributed by atoms with E-state index in [2.05, 4.69) is 10.9 Å². The first-order chi connectivity index (χ1) is 14.5. The van der Waals surface area contributed by atoms with Crippen LogP contribution in [0.3, 0.4) is 0 Å². The predicted octanol–water partition coefficient (Wildman–Crippen LogP) is 4.05. The van der Waals surface area contributed by atoms with Gasteiger partial charge in [-0.1, -0.05) is 72.8 Å². The SMILES string of the molecule is Cc1cccc(O[C@@H](C)C(=O)NNC(=O)C(c2ccccc2)c2ccccc2)c1C. The maximum absolute atomic E-state index is 13.0. The maximum Gasteiger partial charge on any atom is 0.279 e. The number of carbonyl (C=O) groups excluding carboxylic acids is 2. The second-order valence-corrected chi connectivity index (χ2v) is 7.19. The number of hydrogen-bond acceptors (Lipinski definition) is 3. The Kier molecular flexibility index (Phi) is 6.86. The molecule has 3 rings (SSSR count). The number of hydrogen-bond donors (Lipinski definition) is 2. The van der Waals surface area contributed by atoms with Crippen molar-refractivity contribution in [1.29, 1.82) is 0 Å². The predicted molar refractivity (Wildman–Crippen MR) is 117 cm³/mol. The Bertz CT molecular complexity index is 964. The van der Waals surface area contributed by atoms with Crippen LogP contribution in [-0.2, 0) is 9.59 Å². The molecular weight excluding hydrogens is 376 g/mol. The molecule has 5 nitrogen and oxygen atoms in total. The Morgan fingerprint density at radius 3 is 1.83 bits per heavy atom. The van der Waals surface area contributed by atoms with Crippen molar-refractivity contribution in [3.05, 3.63) is 101 Å². The molecule has 2 N–H and O–H groups in total. The minimum Gasteiger partial charge on any atom is -0.481 e. The van der Waals surface area contributed by atoms with Crippen molar-refractivity contribution in [2.24, 2.45) is 0 Å². The summed E-state index contributed by atoms with van der Waals surface area (Å²) in [5.74, 6) is -0.637. The number of nitrogens with one attached hydrogen (secondary N) is 2. The number of hydrazine groups is 1. The molecule has 0 unspecified atom stereocenters. The van der Waals surface area contributed by atoms with Crippen molar-refractivity contribution < 1.29 is 14.3 Å². The molecule has 154 valence electrons. The van der Waals surface area contributed by atoms with Gasteiger partial charge in [0.15, 0.2) is 6.10 Å². The lowest BCUT2D eigenvalue weighted by atomic mass is 9.91. The van der Waals surface area contributed by atoms with E-state index in [9.17, 15) is 9.59 Å². The molecule has 0 heterocycles. The molecule has 0 radical (unpaired) electrons. The van der Waals surface area contributed by atoms with Gasteiger partial charge < -0.3 is 4.74 Å². The summed E-state index contributed by atoms with van der Waals surface area (Å²) in [5.41, 5.74) is 8.80. The highest BCUT2D eigenvalue weighted by molar-refractivity contribution is 5.90. The largest absolute Gasteiger partial charge is 0.481 e. The molecule has 0 aromatic heterocycles. The number of carbonyl (C=O) groups is 2. The van der Waals surface area contributed by atoms with Gasteiger partial charge in [0, 0.05) is 0 Å². The zero-order chi connectivity index (χ0) is 21.5. The highest BCUT2D eigenvalue weighted by atomic mass is 16.5. The average molecular weight is 402 g/mol. The molecule has 0 fully saturated rings. The van der Waals surface area contributed by atoms with Crippen LogP contribution in [0.4, 0.5) is 0 Å². The lowest BCUT2D eigenvalue weighted by Crippen LogP contribution is -2.48. The van der Waals surface area contributed by atoms with Crippen molar-refractivity contribution in [2.45, 2.75) is 32.8 Å². The van der Waals surface area contributed by atoms with Gasteiger partial charge in [0.2, 0.25) is 5.91 Å². The van der Waals surface area contributed by atoms with Crippen molar-refractivity contribution in [3.8, 4) is 5.75 Å². The van der Waals surface area contributed by atoms with Crippen LogP contribution in [0.15, 0.2) is 78.9 Å². The van der Waals surface area contributed by atoms with Crippen molar-refractivity contribution in [3.63, 3.8) is 0 Å². The Morgan fingerprint density at radius 1 is 0.733 bits per heavy atom. The molecule has 30 heavy (non-hydrogen) atoms. The number of aryl methyl sites for hydroxylation is 1. The van der Waals surface area contributed by atoms with E-state index >= 15 is 0 Å². The molecule has 0 aliphatic heterocycles. The van der Waals surface area contributed by atoms with Crippen LogP contribution in [0.25, 0.3) is 0 Å². The van der Waals surface area contributed by atoms with Gasteiger partial charge in [-0.15, -0.1) is 0 Å². The van der Waals surface area contributed by atoms with Gasteiger partial charge in [-0.3, -0.25) is 20.4 Å². The first-order valence-corrected chi connectivity index (χ1v) is 9.90. The van der Waals surface area contributed by atoms with Crippen LogP contribution < -0.4 is 15.6 Å². The Labute approximate surface area is 177 Å². The summed E-state index contributed by atoms with van der Waals surface area (Å²) in [6.45, 7) is 5.58. The molecule has 0 saturated heterocycles. The Balaban J connectivity index is 1.67. The smallest absolute Gasteiger partial charge is 0.279 e. The zero-order valence-corrected chi connectivity index (χ0v) is 17.4. The average Bonchev–Trinajstić information content (AvgIpc) is 2.77. The quantitative estimate of drug-likeness (QED) is 0.611. The monoisotopic (exact) mass is 402 g/mol. The van der Waals surface area contributed by atoms with Crippen LogP contribution in [0.5, 0.6) is 5.75 Å². The fourth-order valence-electron chi connectivity index (χ4n) is 3.18. The minimum atomic E-state index is -0.766. The summed E-state index contributed by atoms with van der Waals surface area (Å²) in [4.78, 5) is 25.5. The molecule has 1 atom stereocenters. The maximum atomic E-state index is 13.0. The molecule has 2 amide bonds. The molecule has 3 aromatic rings. The van der Waals surface area contributed by atoms with Gasteiger partial charge in [0.25, 0.3) is 5.91 Å². The Hall–Kier alpha value is -3.60. The van der Waals surface area contributed by atoms with Crippen molar-refractivity contribution in [2.75, 3.05) is 0 Å². The minimum absolute atomic E-state index is 0.320. The highest BCUT2D eigenvalue weighted by Gasteiger charge is 2.24. The van der Waals surface area contributed by atoms with Crippen LogP contribution >= 0.6 is 0 Å². The van der Waals surface area contributed by atoms with Gasteiger partial charge in [-0.05, 0) is 49.1 Å². The standard InChI is InChI=1S/C25H26N2O3/c1-17-11-10-16-22(18(17)2)30-19(3)24(28)26-27-25(29)23(20-12-6-4-7-13-20)21-14-8-5-9-15-21/h4-16,19,23H,1-3H3,(H,26,28)(H,27,29)/t19-/m0/s1. The van der Waals surface area contributed by atoms with Gasteiger partial charge in [-0.2, -0.15) is 0 Å². The van der Waals surface area contributed by atoms with E-state index in [4.69, 9.17) is 4.74 Å². The van der Waals surface area contributed by atoms with Crippen LogP contribution in [0, 0.1) is 13.8 Å². The summed E-state index contributed by atoms with van der Waals surface area (Å²) in [6, 6.07) is 24.6. The summed E-state index contributed by atoms with van der Waals surface area (Å²) in [5, 5.41) is 0. The third-order valence-electron chi connectivity index (χ3n) is 5.06. The third kappa shape index (κ3) is 5.06. The van der Waals surface area contributed by atoms with E-state index in [-0.39, 0.29) is 5.91 Å². The molecular formula is C25H26N2O3. The fraction of sp³-hybridized carbons (Fsp3) is 0.200. The Morgan fingerprint density at radius 2 is 1.27 bits per heavy atom. The summed E-state index contributed by atoms with van der Waals surface area (Å²) >= 11 is 0. The second-order valence-electron chi connectivity index (χ2n) is 7.19. The third-order valence-corrected chi connectivity index (χ3v) is 5.06. The number of amides is 2. The molecule has 0 bridgehead atoms. The first kappa shape index (κ1) is 21.1. The number of ether oxygens (including phenoxy) is 1. The summed E-state index contributed by atoms with van der Waals surface area (Å²) < 4.78 is 5.79. The van der Waals surface area contributed by atoms with E-state index in [0.29, 0.717) is 5.75 Å². The van der Waals surface area contributed by atoms with E-state index in [0.717, 1.165) is 22.3 Å². The molecule has 5 heteroatoms. The van der Waals surface area contributed by atoms with E-state index in [1.165, 1.54) is 0 Å². The normalized spacial score (nSPS) is 11.6. The molecule has 0 aliphatic carbocycles. The second kappa shape index (κ2) is 9.74. The summed E-state index contributed by atoms with van der Waals surface area (Å²) in [6.07, 6.45) is -0.766. The lowest BCUT2D eigenvalue weighted by molar-refractivity contribution is -0.133. The van der Waals surface area contributed by atoms with E-state index < -0.39 is 17.9 Å². The van der Waals surface area contributed by atoms with Gasteiger partial charge in [0.05, 0.1) is 5.92 Å². The fourth-order valence-corrected chi connectivity index (χ4v) is 3.18. The highest BCUT2D eigenvalue weighted by Crippen LogP contribution is 2.24. The topological polar surface area (TPSA) is 67.4 Å². The lowest BCUT2D eigenvalue weighted by Gasteiger charge is -2.20. The molecule has 0 spiro atoms. The zero-order valence-electron chi connectivity index (χ0n) is 17.4. The molecule has 0 saturated carbocycles. The summed E-state index contributed by atoms with van der Waals surface area (Å²) in [7, 11) is 0. The van der Waals surface area contributed by atoms with Crippen molar-refractivity contribution in [1.82, 2.24) is 10.9 Å².